The third-order valence-electron chi connectivity index (χ3n) is 10.4. The summed E-state index contributed by atoms with van der Waals surface area (Å²) in [5, 5.41) is 0. The lowest BCUT2D eigenvalue weighted by molar-refractivity contribution is 0.732. The molecule has 1 spiro atoms. The van der Waals surface area contributed by atoms with E-state index in [0.717, 1.165) is 67.1 Å². The van der Waals surface area contributed by atoms with Gasteiger partial charge in [-0.25, -0.2) is 19.9 Å². The van der Waals surface area contributed by atoms with E-state index in [9.17, 15) is 0 Å². The van der Waals surface area contributed by atoms with Crippen molar-refractivity contribution >= 4 is 16.6 Å². The van der Waals surface area contributed by atoms with Crippen LogP contribution in [0.2, 0.25) is 0 Å². The van der Waals surface area contributed by atoms with E-state index in [1.54, 1.807) is 0 Å². The van der Waals surface area contributed by atoms with Crippen LogP contribution in [0.1, 0.15) is 22.5 Å². The van der Waals surface area contributed by atoms with Crippen molar-refractivity contribution in [2.75, 3.05) is 0 Å². The molecule has 244 valence electrons. The highest BCUT2D eigenvalue weighted by Gasteiger charge is 2.54. The number of aromatic nitrogens is 5. The van der Waals surface area contributed by atoms with Gasteiger partial charge in [0, 0.05) is 22.3 Å². The molecule has 0 amide bonds. The predicted molar refractivity (Wildman–Crippen MR) is 210 cm³/mol. The van der Waals surface area contributed by atoms with E-state index in [0.29, 0.717) is 17.5 Å². The van der Waals surface area contributed by atoms with Crippen LogP contribution >= 0.6 is 0 Å². The van der Waals surface area contributed by atoms with Crippen LogP contribution in [0.5, 0.6) is 0 Å². The van der Waals surface area contributed by atoms with Crippen molar-refractivity contribution in [3.8, 4) is 51.0 Å². The summed E-state index contributed by atoms with van der Waals surface area (Å²) in [6.07, 6.45) is 3.96. The summed E-state index contributed by atoms with van der Waals surface area (Å²) >= 11 is 0. The largest absolute Gasteiger partial charge is 0.294 e. The van der Waals surface area contributed by atoms with Crippen LogP contribution in [-0.2, 0) is 5.41 Å². The van der Waals surface area contributed by atoms with Crippen LogP contribution in [0.3, 0.4) is 0 Å². The maximum atomic E-state index is 5.41. The number of nitrogens with zero attached hydrogens (tertiary/aromatic N) is 5. The predicted octanol–water partition coefficient (Wildman–Crippen LogP) is 10.7. The average molecular weight is 666 g/mol. The van der Waals surface area contributed by atoms with Crippen LogP contribution in [0.25, 0.3) is 67.6 Å². The Labute approximate surface area is 301 Å². The lowest BCUT2D eigenvalue weighted by Gasteiger charge is -2.28. The van der Waals surface area contributed by atoms with Crippen LogP contribution < -0.4 is 0 Å². The first-order chi connectivity index (χ1) is 25.7. The summed E-state index contributed by atoms with van der Waals surface area (Å²) in [6, 6.07) is 52.3. The number of benzene rings is 6. The zero-order chi connectivity index (χ0) is 34.8. The number of rotatable bonds is 6. The van der Waals surface area contributed by atoms with Gasteiger partial charge in [-0.3, -0.25) is 4.57 Å². The summed E-state index contributed by atoms with van der Waals surface area (Å²) in [6.45, 7) is 8.62. The van der Waals surface area contributed by atoms with Crippen molar-refractivity contribution in [3.63, 3.8) is 0 Å². The fraction of sp³-hybridized carbons (Fsp3) is 0.0213. The lowest BCUT2D eigenvalue weighted by atomic mass is 9.71. The maximum Gasteiger partial charge on any atom is 0.164 e. The Bertz CT molecular complexity index is 2720. The molecule has 0 saturated carbocycles. The summed E-state index contributed by atoms with van der Waals surface area (Å²) in [7, 11) is 0. The molecule has 0 saturated heterocycles. The zero-order valence-corrected chi connectivity index (χ0v) is 28.2. The molecule has 2 aliphatic rings. The van der Waals surface area contributed by atoms with Gasteiger partial charge in [0.15, 0.2) is 17.5 Å². The highest BCUT2D eigenvalue weighted by Crippen LogP contribution is 2.61. The van der Waals surface area contributed by atoms with Crippen LogP contribution in [0.15, 0.2) is 183 Å². The SMILES string of the molecule is C=CC1=C(C=C)C2(c3ccccc31)c1cccc(-c3cccc(-c4nc(-c5ccccc5)nc(-c5ccccc5)n4)c3)c1-n1c2nc2ccccc21. The first kappa shape index (κ1) is 29.9. The second kappa shape index (κ2) is 11.5. The molecular formula is C47H31N5. The van der Waals surface area contributed by atoms with Gasteiger partial charge in [-0.2, -0.15) is 0 Å². The topological polar surface area (TPSA) is 56.5 Å². The van der Waals surface area contributed by atoms with Crippen molar-refractivity contribution in [2.45, 2.75) is 5.41 Å². The number of fused-ring (bicyclic) bond motifs is 9. The van der Waals surface area contributed by atoms with Crippen molar-refractivity contribution in [1.29, 1.82) is 0 Å². The lowest BCUT2D eigenvalue weighted by Crippen LogP contribution is -2.28. The molecule has 1 unspecified atom stereocenters. The Hall–Kier alpha value is -6.98. The van der Waals surface area contributed by atoms with Crippen molar-refractivity contribution in [2.24, 2.45) is 0 Å². The molecule has 0 N–H and O–H groups in total. The molecule has 3 heterocycles. The minimum absolute atomic E-state index is 0.615. The first-order valence-electron chi connectivity index (χ1n) is 17.4. The van der Waals surface area contributed by atoms with Gasteiger partial charge in [0.2, 0.25) is 0 Å². The smallest absolute Gasteiger partial charge is 0.164 e. The molecule has 1 atom stereocenters. The molecule has 10 rings (SSSR count). The summed E-state index contributed by atoms with van der Waals surface area (Å²) in [5.41, 5.74) is 13.1. The normalized spacial score (nSPS) is 15.5. The molecule has 8 aromatic rings. The molecule has 6 aromatic carbocycles. The molecular weight excluding hydrogens is 635 g/mol. The van der Waals surface area contributed by atoms with Gasteiger partial charge in [0.1, 0.15) is 11.2 Å². The number of hydrogen-bond acceptors (Lipinski definition) is 4. The van der Waals surface area contributed by atoms with Gasteiger partial charge in [0.25, 0.3) is 0 Å². The highest BCUT2D eigenvalue weighted by molar-refractivity contribution is 5.97. The summed E-state index contributed by atoms with van der Waals surface area (Å²) in [4.78, 5) is 20.4. The Morgan fingerprint density at radius 3 is 1.75 bits per heavy atom. The number of hydrogen-bond donors (Lipinski definition) is 0. The second-order valence-electron chi connectivity index (χ2n) is 13.1. The Kier molecular flexibility index (Phi) is 6.63. The van der Waals surface area contributed by atoms with Crippen LogP contribution in [0, 0.1) is 0 Å². The number of imidazole rings is 1. The second-order valence-corrected chi connectivity index (χ2v) is 13.1. The van der Waals surface area contributed by atoms with Gasteiger partial charge in [-0.15, -0.1) is 0 Å². The third-order valence-corrected chi connectivity index (χ3v) is 10.4. The highest BCUT2D eigenvalue weighted by atomic mass is 15.1. The van der Waals surface area contributed by atoms with Gasteiger partial charge >= 0.3 is 0 Å². The average Bonchev–Trinajstić information content (AvgIpc) is 3.84. The van der Waals surface area contributed by atoms with Crippen LogP contribution in [0.4, 0.5) is 0 Å². The summed E-state index contributed by atoms with van der Waals surface area (Å²) in [5.74, 6) is 2.84. The molecule has 0 fully saturated rings. The van der Waals surface area contributed by atoms with E-state index < -0.39 is 5.41 Å². The minimum atomic E-state index is -0.660. The monoisotopic (exact) mass is 665 g/mol. The van der Waals surface area contributed by atoms with Crippen molar-refractivity contribution < 1.29 is 0 Å². The van der Waals surface area contributed by atoms with E-state index in [1.165, 1.54) is 11.1 Å². The molecule has 0 radical (unpaired) electrons. The molecule has 5 nitrogen and oxygen atoms in total. The molecule has 1 aliphatic heterocycles. The Morgan fingerprint density at radius 2 is 1.04 bits per heavy atom. The molecule has 2 aromatic heterocycles. The van der Waals surface area contributed by atoms with Crippen LogP contribution in [-0.4, -0.2) is 24.5 Å². The van der Waals surface area contributed by atoms with E-state index in [1.807, 2.05) is 72.8 Å². The molecule has 5 heteroatoms. The first-order valence-corrected chi connectivity index (χ1v) is 17.4. The third kappa shape index (κ3) is 4.17. The van der Waals surface area contributed by atoms with E-state index in [4.69, 9.17) is 19.9 Å². The van der Waals surface area contributed by atoms with E-state index in [2.05, 4.69) is 109 Å². The van der Waals surface area contributed by atoms with Gasteiger partial charge in [0.05, 0.1) is 16.7 Å². The van der Waals surface area contributed by atoms with Crippen molar-refractivity contribution in [3.05, 3.63) is 205 Å². The van der Waals surface area contributed by atoms with Crippen molar-refractivity contribution in [1.82, 2.24) is 24.5 Å². The molecule has 1 aliphatic carbocycles. The van der Waals surface area contributed by atoms with Gasteiger partial charge < -0.3 is 0 Å². The zero-order valence-electron chi connectivity index (χ0n) is 28.2. The molecule has 0 bridgehead atoms. The fourth-order valence-corrected chi connectivity index (χ4v) is 8.26. The number of para-hydroxylation sites is 3. The Balaban J connectivity index is 1.22. The Morgan fingerprint density at radius 1 is 0.481 bits per heavy atom. The number of allylic oxidation sites excluding steroid dienone is 4. The maximum absolute atomic E-state index is 5.41. The van der Waals surface area contributed by atoms with Gasteiger partial charge in [-0.05, 0) is 51.6 Å². The fourth-order valence-electron chi connectivity index (χ4n) is 8.26. The van der Waals surface area contributed by atoms with E-state index >= 15 is 0 Å². The van der Waals surface area contributed by atoms with Gasteiger partial charge in [-0.1, -0.05) is 159 Å². The standard InChI is InChI=1S/C47H31N5/c1-3-34-36-23-11-12-25-38(36)47(37(34)4-2)39-26-16-24-35(42(39)52-41-28-14-13-27-40(41)48-46(47)52)32-21-15-22-33(29-32)45-50-43(30-17-7-5-8-18-30)49-44(51-45)31-19-9-6-10-20-31/h3-29H,1-2H2. The van der Waals surface area contributed by atoms with E-state index in [-0.39, 0.29) is 0 Å². The quantitative estimate of drug-likeness (QED) is 0.177. The minimum Gasteiger partial charge on any atom is -0.294 e. The molecule has 52 heavy (non-hydrogen) atoms. The summed E-state index contributed by atoms with van der Waals surface area (Å²) < 4.78 is 2.36.